The van der Waals surface area contributed by atoms with Crippen molar-refractivity contribution in [1.29, 1.82) is 0 Å². The highest BCUT2D eigenvalue weighted by atomic mass is 16.3. The fraction of sp³-hybridized carbons (Fsp3) is 0.478. The summed E-state index contributed by atoms with van der Waals surface area (Å²) in [4.78, 5) is 0. The summed E-state index contributed by atoms with van der Waals surface area (Å²) in [5, 5.41) is 13.0. The van der Waals surface area contributed by atoms with Crippen LogP contribution in [0.3, 0.4) is 0 Å². The molecule has 25 heavy (non-hydrogen) atoms. The summed E-state index contributed by atoms with van der Waals surface area (Å²) in [6, 6.07) is 17.7. The van der Waals surface area contributed by atoms with Gasteiger partial charge in [-0.15, -0.1) is 0 Å². The van der Waals surface area contributed by atoms with Crippen LogP contribution in [0.15, 0.2) is 48.5 Å². The average molecular weight is 338 g/mol. The van der Waals surface area contributed by atoms with Gasteiger partial charge in [-0.05, 0) is 47.9 Å². The Morgan fingerprint density at radius 1 is 1.04 bits per heavy atom. The quantitative estimate of drug-likeness (QED) is 0.715. The third-order valence-electron chi connectivity index (χ3n) is 5.71. The highest BCUT2D eigenvalue weighted by Gasteiger charge is 2.36. The molecule has 0 bridgehead atoms. The van der Waals surface area contributed by atoms with Gasteiger partial charge in [0.05, 0.1) is 12.1 Å². The summed E-state index contributed by atoms with van der Waals surface area (Å²) in [7, 11) is 0. The molecule has 1 aliphatic rings. The van der Waals surface area contributed by atoms with E-state index in [0.717, 1.165) is 6.42 Å². The molecule has 0 spiro atoms. The minimum absolute atomic E-state index is 0.153. The number of fused-ring (bicyclic) bond motifs is 2. The molecule has 2 atom stereocenters. The van der Waals surface area contributed by atoms with Gasteiger partial charge in [0.2, 0.25) is 0 Å². The van der Waals surface area contributed by atoms with Crippen molar-refractivity contribution in [2.24, 2.45) is 0 Å². The molecule has 134 valence electrons. The van der Waals surface area contributed by atoms with Crippen LogP contribution in [0.5, 0.6) is 0 Å². The lowest BCUT2D eigenvalue weighted by atomic mass is 9.80. The lowest BCUT2D eigenvalue weighted by Crippen LogP contribution is -2.42. The molecule has 0 saturated carbocycles. The predicted octanol–water partition coefficient (Wildman–Crippen LogP) is 4.75. The maximum absolute atomic E-state index is 9.41. The second-order valence-corrected chi connectivity index (χ2v) is 7.42. The normalized spacial score (nSPS) is 22.1. The molecule has 0 aliphatic heterocycles. The van der Waals surface area contributed by atoms with E-state index in [9.17, 15) is 5.11 Å². The molecule has 2 unspecified atom stereocenters. The molecule has 0 saturated heterocycles. The lowest BCUT2D eigenvalue weighted by Gasteiger charge is -2.34. The van der Waals surface area contributed by atoms with Gasteiger partial charge >= 0.3 is 0 Å². The molecule has 2 N–H and O–H groups in total. The van der Waals surface area contributed by atoms with E-state index in [2.05, 4.69) is 67.7 Å². The van der Waals surface area contributed by atoms with Crippen LogP contribution in [-0.2, 0) is 12.0 Å². The van der Waals surface area contributed by atoms with Crippen molar-refractivity contribution in [2.75, 3.05) is 13.2 Å². The van der Waals surface area contributed by atoms with Crippen LogP contribution in [-0.4, -0.2) is 18.3 Å². The van der Waals surface area contributed by atoms with E-state index in [1.165, 1.54) is 47.9 Å². The van der Waals surface area contributed by atoms with Gasteiger partial charge in [-0.1, -0.05) is 74.7 Å². The van der Waals surface area contributed by atoms with E-state index in [1.807, 2.05) is 0 Å². The Labute approximate surface area is 152 Å². The highest BCUT2D eigenvalue weighted by Crippen LogP contribution is 2.43. The molecule has 3 rings (SSSR count). The Hall–Kier alpha value is -1.64. The van der Waals surface area contributed by atoms with Gasteiger partial charge in [-0.25, -0.2) is 0 Å². The molecule has 1 aliphatic carbocycles. The SMILES string of the molecule is CCCCCC1Cc2ccccc2C(C)(NCCO)c2ccccc21. The van der Waals surface area contributed by atoms with Crippen molar-refractivity contribution in [2.45, 2.75) is 57.4 Å². The zero-order valence-corrected chi connectivity index (χ0v) is 15.6. The molecule has 2 nitrogen and oxygen atoms in total. The fourth-order valence-electron chi connectivity index (χ4n) is 4.41. The fourth-order valence-corrected chi connectivity index (χ4v) is 4.41. The van der Waals surface area contributed by atoms with Crippen LogP contribution >= 0.6 is 0 Å². The highest BCUT2D eigenvalue weighted by molar-refractivity contribution is 5.50. The molecule has 0 fully saturated rings. The Morgan fingerprint density at radius 3 is 2.52 bits per heavy atom. The van der Waals surface area contributed by atoms with Gasteiger partial charge in [0.15, 0.2) is 0 Å². The first-order valence-electron chi connectivity index (χ1n) is 9.74. The number of nitrogens with one attached hydrogen (secondary N) is 1. The second kappa shape index (κ2) is 8.16. The summed E-state index contributed by atoms with van der Waals surface area (Å²) in [5.41, 5.74) is 5.38. The van der Waals surface area contributed by atoms with E-state index >= 15 is 0 Å². The van der Waals surface area contributed by atoms with Crippen molar-refractivity contribution < 1.29 is 5.11 Å². The Bertz CT molecular complexity index is 696. The van der Waals surface area contributed by atoms with Crippen molar-refractivity contribution in [1.82, 2.24) is 5.32 Å². The third-order valence-corrected chi connectivity index (χ3v) is 5.71. The largest absolute Gasteiger partial charge is 0.395 e. The molecule has 2 aromatic rings. The maximum Gasteiger partial charge on any atom is 0.0668 e. The zero-order valence-electron chi connectivity index (χ0n) is 15.6. The smallest absolute Gasteiger partial charge is 0.0668 e. The average Bonchev–Trinajstić information content (AvgIpc) is 2.75. The first-order chi connectivity index (χ1) is 12.2. The summed E-state index contributed by atoms with van der Waals surface area (Å²) in [6.07, 6.45) is 6.21. The topological polar surface area (TPSA) is 32.3 Å². The number of hydrogen-bond donors (Lipinski definition) is 2. The van der Waals surface area contributed by atoms with Crippen molar-refractivity contribution >= 4 is 0 Å². The van der Waals surface area contributed by atoms with E-state index < -0.39 is 0 Å². The summed E-state index contributed by atoms with van der Waals surface area (Å²) in [5.74, 6) is 0.571. The maximum atomic E-state index is 9.41. The van der Waals surface area contributed by atoms with Gasteiger partial charge < -0.3 is 10.4 Å². The van der Waals surface area contributed by atoms with Gasteiger partial charge in [-0.2, -0.15) is 0 Å². The summed E-state index contributed by atoms with van der Waals surface area (Å²) < 4.78 is 0. The number of aliphatic hydroxyl groups is 1. The van der Waals surface area contributed by atoms with Crippen molar-refractivity contribution in [3.63, 3.8) is 0 Å². The van der Waals surface area contributed by atoms with Crippen LogP contribution in [0.4, 0.5) is 0 Å². The number of aliphatic hydroxyl groups excluding tert-OH is 1. The monoisotopic (exact) mass is 337 g/mol. The zero-order chi connectivity index (χ0) is 17.7. The van der Waals surface area contributed by atoms with E-state index in [0.29, 0.717) is 12.5 Å². The van der Waals surface area contributed by atoms with Crippen molar-refractivity contribution in [3.8, 4) is 0 Å². The molecule has 0 radical (unpaired) electrons. The Kier molecular flexibility index (Phi) is 5.93. The standard InChI is InChI=1S/C23H31NO/c1-3-4-5-10-18-17-19-11-6-8-13-21(19)23(2,24-15-16-25)22-14-9-7-12-20(18)22/h6-9,11-14,18,24-25H,3-5,10,15-17H2,1-2H3. The van der Waals surface area contributed by atoms with Crippen LogP contribution in [0.2, 0.25) is 0 Å². The second-order valence-electron chi connectivity index (χ2n) is 7.42. The molecule has 2 aromatic carbocycles. The molecular formula is C23H31NO. The number of hydrogen-bond acceptors (Lipinski definition) is 2. The summed E-state index contributed by atoms with van der Waals surface area (Å²) in [6.45, 7) is 5.29. The van der Waals surface area contributed by atoms with E-state index in [-0.39, 0.29) is 12.1 Å². The van der Waals surface area contributed by atoms with Crippen LogP contribution < -0.4 is 5.32 Å². The predicted molar refractivity (Wildman–Crippen MR) is 105 cm³/mol. The first kappa shape index (κ1) is 18.2. The molecule has 0 heterocycles. The molecule has 0 amide bonds. The number of benzene rings is 2. The van der Waals surface area contributed by atoms with Gasteiger partial charge in [0.25, 0.3) is 0 Å². The minimum Gasteiger partial charge on any atom is -0.395 e. The first-order valence-corrected chi connectivity index (χ1v) is 9.74. The molecule has 2 heteroatoms. The lowest BCUT2D eigenvalue weighted by molar-refractivity contribution is 0.272. The molecule has 0 aromatic heterocycles. The van der Waals surface area contributed by atoms with Crippen LogP contribution in [0.1, 0.15) is 67.7 Å². The van der Waals surface area contributed by atoms with Gasteiger partial charge in [0, 0.05) is 6.54 Å². The van der Waals surface area contributed by atoms with Crippen LogP contribution in [0, 0.1) is 0 Å². The van der Waals surface area contributed by atoms with Crippen LogP contribution in [0.25, 0.3) is 0 Å². The number of rotatable bonds is 7. The number of unbranched alkanes of at least 4 members (excludes halogenated alkanes) is 2. The Morgan fingerprint density at radius 2 is 1.76 bits per heavy atom. The Balaban J connectivity index is 2.09. The minimum atomic E-state index is -0.255. The van der Waals surface area contributed by atoms with Gasteiger partial charge in [0.1, 0.15) is 0 Å². The third kappa shape index (κ3) is 3.65. The van der Waals surface area contributed by atoms with Gasteiger partial charge in [-0.3, -0.25) is 0 Å². The molecular weight excluding hydrogens is 306 g/mol. The van der Waals surface area contributed by atoms with E-state index in [1.54, 1.807) is 0 Å². The summed E-state index contributed by atoms with van der Waals surface area (Å²) >= 11 is 0. The van der Waals surface area contributed by atoms with Crippen molar-refractivity contribution in [3.05, 3.63) is 70.8 Å². The van der Waals surface area contributed by atoms with E-state index in [4.69, 9.17) is 0 Å².